The number of amides is 1. The maximum Gasteiger partial charge on any atom is 0.262 e. The molecule has 0 aromatic heterocycles. The summed E-state index contributed by atoms with van der Waals surface area (Å²) in [7, 11) is -1.12. The maximum atomic E-state index is 13.8. The Morgan fingerprint density at radius 3 is 2.78 bits per heavy atom. The molecule has 2 heterocycles. The van der Waals surface area contributed by atoms with Crippen LogP contribution in [0, 0.1) is 17.8 Å². The lowest BCUT2D eigenvalue weighted by atomic mass is 9.68. The van der Waals surface area contributed by atoms with Gasteiger partial charge in [-0.15, -0.1) is 0 Å². The van der Waals surface area contributed by atoms with E-state index in [1.165, 1.54) is 11.1 Å². The molecular formula is C36H45ClN2O5S. The first-order chi connectivity index (χ1) is 21.8. The predicted octanol–water partition coefficient (Wildman–Crippen LogP) is 5.97. The van der Waals surface area contributed by atoms with E-state index < -0.39 is 9.71 Å². The fraction of sp³-hybridized carbons (Fsp3) is 0.556. The van der Waals surface area contributed by atoms with Gasteiger partial charge in [-0.2, -0.15) is 0 Å². The highest BCUT2D eigenvalue weighted by Crippen LogP contribution is 2.47. The monoisotopic (exact) mass is 652 g/mol. The van der Waals surface area contributed by atoms with Crippen LogP contribution in [0.3, 0.4) is 0 Å². The number of hydrogen-bond acceptors (Lipinski definition) is 6. The summed E-state index contributed by atoms with van der Waals surface area (Å²) in [6, 6.07) is 12.0. The van der Waals surface area contributed by atoms with Gasteiger partial charge in [-0.1, -0.05) is 29.8 Å². The van der Waals surface area contributed by atoms with Crippen LogP contribution in [0.2, 0.25) is 5.02 Å². The van der Waals surface area contributed by atoms with E-state index in [1.54, 1.807) is 13.2 Å². The maximum absolute atomic E-state index is 13.8. The molecule has 1 unspecified atom stereocenters. The third-order valence-corrected chi connectivity index (χ3v) is 13.5. The van der Waals surface area contributed by atoms with Crippen molar-refractivity contribution in [2.24, 2.45) is 17.8 Å². The van der Waals surface area contributed by atoms with E-state index in [4.69, 9.17) is 25.8 Å². The van der Waals surface area contributed by atoms with Crippen LogP contribution in [0.15, 0.2) is 48.6 Å². The van der Waals surface area contributed by atoms with Gasteiger partial charge in [0.1, 0.15) is 5.75 Å². The largest absolute Gasteiger partial charge is 0.490 e. The molecule has 2 aromatic carbocycles. The van der Waals surface area contributed by atoms with Gasteiger partial charge in [0.25, 0.3) is 5.91 Å². The normalized spacial score (nSPS) is 34.9. The standard InChI is InChI=1S/C36H45ClN2O5S/c1-42-17-18-43-32-7-3-5-24-10-15-34(24)45(2,41)38-35(40)26-9-14-33-31(20-26)39(21-27-8-12-29(27)32)22-36(23-44-33)16-4-6-25-19-28(37)11-13-30(25)36/h3,7,9,11,13-14,19-20,24,27,29,32,34H,2,4-6,8,10,12,15-18,21-23H2,1H3,(H,38,40,41)/b7-3+/t24-,27+,29-,32+,34+,36+,45?/m1/s1. The van der Waals surface area contributed by atoms with Gasteiger partial charge >= 0.3 is 0 Å². The number of ether oxygens (including phenoxy) is 3. The molecule has 242 valence electrons. The van der Waals surface area contributed by atoms with Gasteiger partial charge in [-0.05, 0) is 116 Å². The average molecular weight is 653 g/mol. The van der Waals surface area contributed by atoms with E-state index in [0.29, 0.717) is 37.2 Å². The highest BCUT2D eigenvalue weighted by molar-refractivity contribution is 7.99. The number of nitrogens with zero attached hydrogens (tertiary/aromatic N) is 1. The number of aryl methyl sites for hydroxylation is 1. The van der Waals surface area contributed by atoms with E-state index in [1.807, 2.05) is 18.2 Å². The first kappa shape index (κ1) is 31.1. The number of carbonyl (C=O) groups is 1. The molecule has 7 nitrogen and oxygen atoms in total. The molecule has 1 spiro atoms. The summed E-state index contributed by atoms with van der Waals surface area (Å²) in [6.07, 6.45) is 12.4. The van der Waals surface area contributed by atoms with Crippen LogP contribution < -0.4 is 14.4 Å². The third kappa shape index (κ3) is 6.04. The molecule has 9 heteroatoms. The molecule has 7 atom stereocenters. The molecule has 2 aromatic rings. The van der Waals surface area contributed by atoms with E-state index >= 15 is 0 Å². The predicted molar refractivity (Wildman–Crippen MR) is 181 cm³/mol. The van der Waals surface area contributed by atoms with Crippen molar-refractivity contribution in [1.29, 1.82) is 0 Å². The highest BCUT2D eigenvalue weighted by Gasteiger charge is 2.45. The van der Waals surface area contributed by atoms with Gasteiger partial charge < -0.3 is 19.1 Å². The lowest BCUT2D eigenvalue weighted by Crippen LogP contribution is -2.50. The number of hydrogen-bond donors (Lipinski definition) is 1. The van der Waals surface area contributed by atoms with E-state index in [0.717, 1.165) is 80.9 Å². The molecule has 2 bridgehead atoms. The highest BCUT2D eigenvalue weighted by atomic mass is 35.5. The summed E-state index contributed by atoms with van der Waals surface area (Å²) in [5.41, 5.74) is 3.82. The van der Waals surface area contributed by atoms with Crippen molar-refractivity contribution in [1.82, 2.24) is 4.72 Å². The third-order valence-electron chi connectivity index (χ3n) is 11.1. The summed E-state index contributed by atoms with van der Waals surface area (Å²) in [5.74, 6) is 5.54. The Morgan fingerprint density at radius 1 is 1.13 bits per heavy atom. The molecule has 2 aliphatic heterocycles. The van der Waals surface area contributed by atoms with Crippen LogP contribution >= 0.6 is 11.6 Å². The van der Waals surface area contributed by atoms with Gasteiger partial charge in [0.05, 0.1) is 41.3 Å². The number of nitrogens with one attached hydrogen (secondary N) is 1. The fourth-order valence-electron chi connectivity index (χ4n) is 8.37. The van der Waals surface area contributed by atoms with Crippen LogP contribution in [0.5, 0.6) is 5.75 Å². The Morgan fingerprint density at radius 2 is 2.00 bits per heavy atom. The fourth-order valence-corrected chi connectivity index (χ4v) is 10.5. The number of allylic oxidation sites excluding steroid dienone is 1. The minimum Gasteiger partial charge on any atom is -0.490 e. The molecule has 0 radical (unpaired) electrons. The molecule has 5 aliphatic rings. The van der Waals surface area contributed by atoms with Gasteiger partial charge in [-0.3, -0.25) is 9.52 Å². The zero-order valence-corrected chi connectivity index (χ0v) is 27.8. The Bertz CT molecular complexity index is 1580. The van der Waals surface area contributed by atoms with Crippen LogP contribution in [-0.4, -0.2) is 67.4 Å². The number of benzene rings is 2. The molecule has 45 heavy (non-hydrogen) atoms. The second-order valence-electron chi connectivity index (χ2n) is 13.8. The van der Waals surface area contributed by atoms with Crippen LogP contribution in [-0.2, 0) is 31.0 Å². The van der Waals surface area contributed by atoms with Crippen LogP contribution in [0.1, 0.15) is 66.4 Å². The Balaban J connectivity index is 1.28. The second-order valence-corrected chi connectivity index (χ2v) is 16.5. The Labute approximate surface area is 272 Å². The van der Waals surface area contributed by atoms with Crippen molar-refractivity contribution < 1.29 is 23.2 Å². The van der Waals surface area contributed by atoms with Gasteiger partial charge in [-0.25, -0.2) is 4.21 Å². The van der Waals surface area contributed by atoms with Crippen molar-refractivity contribution >= 4 is 38.8 Å². The number of fused-ring (bicyclic) bond motifs is 5. The van der Waals surface area contributed by atoms with Crippen molar-refractivity contribution in [3.05, 3.63) is 70.3 Å². The van der Waals surface area contributed by atoms with Crippen molar-refractivity contribution in [2.45, 2.75) is 68.1 Å². The topological polar surface area (TPSA) is 77.1 Å². The molecule has 3 aliphatic carbocycles. The molecule has 1 N–H and O–H groups in total. The SMILES string of the molecule is C=S1(=O)NC(=O)c2ccc3c(c2)N(C[C@@H]2CC[C@H]2[C@@H](OCCOC)/C=C/C[C@@H]2CC[C@@H]21)C[C@@]1(CCCc2cc(Cl)ccc21)CO3. The van der Waals surface area contributed by atoms with Crippen molar-refractivity contribution in [3.63, 3.8) is 0 Å². The summed E-state index contributed by atoms with van der Waals surface area (Å²) in [6.45, 7) is 3.29. The molecule has 1 amide bonds. The Kier molecular flexibility index (Phi) is 8.70. The molecule has 2 saturated carbocycles. The molecule has 7 rings (SSSR count). The summed E-state index contributed by atoms with van der Waals surface area (Å²) >= 11 is 6.45. The summed E-state index contributed by atoms with van der Waals surface area (Å²) in [4.78, 5) is 16.1. The van der Waals surface area contributed by atoms with Gasteiger partial charge in [0.2, 0.25) is 0 Å². The first-order valence-electron chi connectivity index (χ1n) is 16.5. The lowest BCUT2D eigenvalue weighted by molar-refractivity contribution is -0.0310. The van der Waals surface area contributed by atoms with Gasteiger partial charge in [0.15, 0.2) is 0 Å². The number of halogens is 1. The number of methoxy groups -OCH3 is 1. The summed E-state index contributed by atoms with van der Waals surface area (Å²) in [5, 5.41) is 0.632. The van der Waals surface area contributed by atoms with E-state index in [9.17, 15) is 9.00 Å². The van der Waals surface area contributed by atoms with E-state index in [2.05, 4.69) is 39.8 Å². The zero-order chi connectivity index (χ0) is 31.2. The minimum atomic E-state index is -2.83. The number of anilines is 1. The van der Waals surface area contributed by atoms with Gasteiger partial charge in [0, 0.05) is 41.5 Å². The minimum absolute atomic E-state index is 0.00492. The molecule has 0 saturated heterocycles. The lowest BCUT2D eigenvalue weighted by Gasteiger charge is -2.46. The summed E-state index contributed by atoms with van der Waals surface area (Å²) < 4.78 is 35.1. The zero-order valence-electron chi connectivity index (χ0n) is 26.2. The number of carbonyl (C=O) groups excluding carboxylic acids is 1. The number of rotatable bonds is 4. The molecule has 2 fully saturated rings. The van der Waals surface area contributed by atoms with Crippen LogP contribution in [0.4, 0.5) is 5.69 Å². The Hall–Kier alpha value is -2.52. The van der Waals surface area contributed by atoms with Crippen molar-refractivity contribution in [3.8, 4) is 5.75 Å². The molecular weight excluding hydrogens is 608 g/mol. The van der Waals surface area contributed by atoms with Crippen LogP contribution in [0.25, 0.3) is 0 Å². The van der Waals surface area contributed by atoms with Crippen molar-refractivity contribution in [2.75, 3.05) is 44.9 Å². The quantitative estimate of drug-likeness (QED) is 0.249. The first-order valence-corrected chi connectivity index (χ1v) is 18.7. The second kappa shape index (κ2) is 12.6. The van der Waals surface area contributed by atoms with E-state index in [-0.39, 0.29) is 28.6 Å². The average Bonchev–Trinajstić information content (AvgIpc) is 3.12. The smallest absolute Gasteiger partial charge is 0.262 e.